The molecule has 0 saturated heterocycles. The minimum Gasteiger partial charge on any atom is -0.166 e. The van der Waals surface area contributed by atoms with Crippen LogP contribution in [0.25, 0.3) is 0 Å². The van der Waals surface area contributed by atoms with E-state index in [0.29, 0.717) is 11.8 Å². The molecule has 0 aromatic heterocycles. The summed E-state index contributed by atoms with van der Waals surface area (Å²) in [6, 6.07) is 5.51. The van der Waals surface area contributed by atoms with Crippen molar-refractivity contribution in [3.63, 3.8) is 0 Å². The fourth-order valence-corrected chi connectivity index (χ4v) is 2.25. The highest BCUT2D eigenvalue weighted by molar-refractivity contribution is 6.17. The van der Waals surface area contributed by atoms with Gasteiger partial charge in [0.2, 0.25) is 0 Å². The number of benzene rings is 1. The molecular weight excluding hydrogens is 273 g/mol. The molecule has 108 valence electrons. The zero-order valence-electron chi connectivity index (χ0n) is 11.1. The van der Waals surface area contributed by atoms with Crippen LogP contribution in [0.15, 0.2) is 24.3 Å². The van der Waals surface area contributed by atoms with Crippen LogP contribution >= 0.6 is 11.6 Å². The van der Waals surface area contributed by atoms with Crippen LogP contribution in [0.1, 0.15) is 56.1 Å². The molecule has 0 nitrogen and oxygen atoms in total. The second-order valence-electron chi connectivity index (χ2n) is 4.91. The Morgan fingerprint density at radius 2 is 1.58 bits per heavy atom. The minimum atomic E-state index is -4.25. The van der Waals surface area contributed by atoms with E-state index in [1.807, 2.05) is 0 Å². The third-order valence-corrected chi connectivity index (χ3v) is 3.60. The first-order valence-corrected chi connectivity index (χ1v) is 7.21. The van der Waals surface area contributed by atoms with Crippen LogP contribution in [0, 0.1) is 0 Å². The molecule has 19 heavy (non-hydrogen) atoms. The average Bonchev–Trinajstić information content (AvgIpc) is 2.37. The van der Waals surface area contributed by atoms with Gasteiger partial charge in [0.25, 0.3) is 0 Å². The van der Waals surface area contributed by atoms with Gasteiger partial charge in [0.15, 0.2) is 0 Å². The fraction of sp³-hybridized carbons (Fsp3) is 0.600. The van der Waals surface area contributed by atoms with Crippen molar-refractivity contribution in [1.82, 2.24) is 0 Å². The van der Waals surface area contributed by atoms with Gasteiger partial charge >= 0.3 is 6.18 Å². The van der Waals surface area contributed by atoms with Crippen LogP contribution in [-0.4, -0.2) is 5.88 Å². The van der Waals surface area contributed by atoms with Gasteiger partial charge in [-0.1, -0.05) is 38.3 Å². The Hall–Kier alpha value is -0.700. The van der Waals surface area contributed by atoms with Gasteiger partial charge in [-0.25, -0.2) is 0 Å². The Morgan fingerprint density at radius 1 is 1.00 bits per heavy atom. The molecule has 0 aliphatic heterocycles. The van der Waals surface area contributed by atoms with E-state index in [0.717, 1.165) is 37.7 Å². The smallest absolute Gasteiger partial charge is 0.166 e. The van der Waals surface area contributed by atoms with Crippen molar-refractivity contribution in [1.29, 1.82) is 0 Å². The van der Waals surface area contributed by atoms with E-state index in [1.165, 1.54) is 12.1 Å². The van der Waals surface area contributed by atoms with E-state index in [9.17, 15) is 13.2 Å². The van der Waals surface area contributed by atoms with Gasteiger partial charge in [0.05, 0.1) is 5.56 Å². The maximum atomic E-state index is 12.4. The Balaban J connectivity index is 2.42. The van der Waals surface area contributed by atoms with E-state index in [4.69, 9.17) is 11.6 Å². The van der Waals surface area contributed by atoms with Gasteiger partial charge in [-0.15, -0.1) is 11.6 Å². The normalized spacial score (nSPS) is 13.5. The molecule has 1 unspecified atom stereocenters. The molecule has 0 bridgehead atoms. The summed E-state index contributed by atoms with van der Waals surface area (Å²) in [5.74, 6) is 1.01. The van der Waals surface area contributed by atoms with E-state index in [1.54, 1.807) is 12.1 Å². The Morgan fingerprint density at radius 3 is 2.11 bits per heavy atom. The molecule has 1 rings (SSSR count). The van der Waals surface area contributed by atoms with Crippen molar-refractivity contribution in [3.8, 4) is 0 Å². The number of rotatable bonds is 7. The quantitative estimate of drug-likeness (QED) is 0.427. The summed E-state index contributed by atoms with van der Waals surface area (Å²) < 4.78 is 37.3. The number of halogens is 4. The van der Waals surface area contributed by atoms with Crippen molar-refractivity contribution in [2.75, 3.05) is 5.88 Å². The molecule has 0 amide bonds. The van der Waals surface area contributed by atoms with E-state index in [-0.39, 0.29) is 0 Å². The highest BCUT2D eigenvalue weighted by atomic mass is 35.5. The van der Waals surface area contributed by atoms with Crippen LogP contribution < -0.4 is 0 Å². The molecule has 1 aromatic carbocycles. The second kappa shape index (κ2) is 7.78. The zero-order chi connectivity index (χ0) is 14.3. The highest BCUT2D eigenvalue weighted by Crippen LogP contribution is 2.31. The largest absolute Gasteiger partial charge is 0.416 e. The van der Waals surface area contributed by atoms with Crippen molar-refractivity contribution < 1.29 is 13.2 Å². The predicted molar refractivity (Wildman–Crippen MR) is 73.7 cm³/mol. The van der Waals surface area contributed by atoms with Crippen LogP contribution in [0.4, 0.5) is 13.2 Å². The number of alkyl halides is 4. The molecule has 0 fully saturated rings. The van der Waals surface area contributed by atoms with Crippen molar-refractivity contribution in [2.24, 2.45) is 0 Å². The monoisotopic (exact) mass is 292 g/mol. The second-order valence-corrected chi connectivity index (χ2v) is 5.29. The summed E-state index contributed by atoms with van der Waals surface area (Å²) in [4.78, 5) is 0. The highest BCUT2D eigenvalue weighted by Gasteiger charge is 2.30. The Labute approximate surface area is 118 Å². The maximum absolute atomic E-state index is 12.4. The van der Waals surface area contributed by atoms with Crippen molar-refractivity contribution in [3.05, 3.63) is 35.4 Å². The lowest BCUT2D eigenvalue weighted by atomic mass is 9.94. The summed E-state index contributed by atoms with van der Waals surface area (Å²) in [6.45, 7) is 2.06. The molecule has 0 saturated carbocycles. The Bertz CT molecular complexity index is 357. The van der Waals surface area contributed by atoms with Crippen LogP contribution in [0.2, 0.25) is 0 Å². The molecule has 0 aliphatic rings. The predicted octanol–water partition coefficient (Wildman–Crippen LogP) is 6.00. The average molecular weight is 293 g/mol. The standard InChI is InChI=1S/C15H20ClF3/c1-12(6-4-2-3-5-11-16)13-7-9-14(10-8-13)15(17,18)19/h7-10,12H,2-6,11H2,1H3. The molecule has 0 aliphatic carbocycles. The lowest BCUT2D eigenvalue weighted by molar-refractivity contribution is -0.137. The van der Waals surface area contributed by atoms with Gasteiger partial charge in [-0.2, -0.15) is 13.2 Å². The molecule has 0 spiro atoms. The molecule has 0 radical (unpaired) electrons. The molecule has 0 heterocycles. The summed E-state index contributed by atoms with van der Waals surface area (Å²) >= 11 is 5.60. The summed E-state index contributed by atoms with van der Waals surface area (Å²) in [5.41, 5.74) is 0.399. The lowest BCUT2D eigenvalue weighted by Crippen LogP contribution is -2.05. The summed E-state index contributed by atoms with van der Waals surface area (Å²) in [7, 11) is 0. The summed E-state index contributed by atoms with van der Waals surface area (Å²) in [6.07, 6.45) is 1.16. The minimum absolute atomic E-state index is 0.304. The molecule has 1 aromatic rings. The van der Waals surface area contributed by atoms with Crippen LogP contribution in [0.5, 0.6) is 0 Å². The molecule has 1 atom stereocenters. The zero-order valence-corrected chi connectivity index (χ0v) is 11.9. The first-order chi connectivity index (χ1) is 8.95. The maximum Gasteiger partial charge on any atom is 0.416 e. The van der Waals surface area contributed by atoms with E-state index in [2.05, 4.69) is 6.92 Å². The third-order valence-electron chi connectivity index (χ3n) is 3.33. The van der Waals surface area contributed by atoms with E-state index < -0.39 is 11.7 Å². The Kier molecular flexibility index (Phi) is 6.70. The fourth-order valence-electron chi connectivity index (χ4n) is 2.07. The molecule has 4 heteroatoms. The van der Waals surface area contributed by atoms with Gasteiger partial charge in [0.1, 0.15) is 0 Å². The summed E-state index contributed by atoms with van der Waals surface area (Å²) in [5, 5.41) is 0. The topological polar surface area (TPSA) is 0 Å². The number of hydrogen-bond donors (Lipinski definition) is 0. The molecular formula is C15H20ClF3. The van der Waals surface area contributed by atoms with E-state index >= 15 is 0 Å². The van der Waals surface area contributed by atoms with Gasteiger partial charge in [-0.05, 0) is 36.5 Å². The SMILES string of the molecule is CC(CCCCCCCl)c1ccc(C(F)(F)F)cc1. The number of unbranched alkanes of at least 4 members (excludes halogenated alkanes) is 3. The van der Waals surface area contributed by atoms with Gasteiger partial charge in [-0.3, -0.25) is 0 Å². The van der Waals surface area contributed by atoms with Crippen molar-refractivity contribution >= 4 is 11.6 Å². The third kappa shape index (κ3) is 5.85. The van der Waals surface area contributed by atoms with Crippen LogP contribution in [0.3, 0.4) is 0 Å². The first kappa shape index (κ1) is 16.4. The lowest BCUT2D eigenvalue weighted by Gasteiger charge is -2.13. The van der Waals surface area contributed by atoms with Gasteiger partial charge in [0, 0.05) is 5.88 Å². The molecule has 0 N–H and O–H groups in total. The number of hydrogen-bond acceptors (Lipinski definition) is 0. The first-order valence-electron chi connectivity index (χ1n) is 6.68. The van der Waals surface area contributed by atoms with Crippen LogP contribution in [-0.2, 0) is 6.18 Å². The van der Waals surface area contributed by atoms with Gasteiger partial charge < -0.3 is 0 Å². The van der Waals surface area contributed by atoms with Crippen molar-refractivity contribution in [2.45, 2.75) is 51.1 Å².